The molecule has 1 atom stereocenters. The van der Waals surface area contributed by atoms with E-state index in [9.17, 15) is 0 Å². The van der Waals surface area contributed by atoms with Crippen LogP contribution in [0.25, 0.3) is 0 Å². The van der Waals surface area contributed by atoms with Crippen molar-refractivity contribution >= 4 is 0 Å². The van der Waals surface area contributed by atoms with E-state index in [0.29, 0.717) is 5.41 Å². The van der Waals surface area contributed by atoms with Gasteiger partial charge in [0.15, 0.2) is 0 Å². The average Bonchev–Trinajstić information content (AvgIpc) is 2.57. The SMILES string of the molecule is CC1=CCN(CC2(C)CCNC2)CC1. The predicted octanol–water partition coefficient (Wildman–Crippen LogP) is 1.64. The minimum absolute atomic E-state index is 0.527. The van der Waals surface area contributed by atoms with E-state index >= 15 is 0 Å². The van der Waals surface area contributed by atoms with Gasteiger partial charge in [0.1, 0.15) is 0 Å². The van der Waals surface area contributed by atoms with Gasteiger partial charge < -0.3 is 5.32 Å². The van der Waals surface area contributed by atoms with Gasteiger partial charge in [0, 0.05) is 26.2 Å². The molecule has 1 saturated heterocycles. The lowest BCUT2D eigenvalue weighted by Gasteiger charge is -2.33. The summed E-state index contributed by atoms with van der Waals surface area (Å²) >= 11 is 0. The Morgan fingerprint density at radius 1 is 1.57 bits per heavy atom. The molecule has 0 spiro atoms. The van der Waals surface area contributed by atoms with E-state index in [0.717, 1.165) is 0 Å². The molecule has 14 heavy (non-hydrogen) atoms. The number of hydrogen-bond acceptors (Lipinski definition) is 2. The van der Waals surface area contributed by atoms with Crippen LogP contribution in [-0.4, -0.2) is 37.6 Å². The monoisotopic (exact) mass is 194 g/mol. The Morgan fingerprint density at radius 2 is 2.43 bits per heavy atom. The maximum absolute atomic E-state index is 3.47. The van der Waals surface area contributed by atoms with Gasteiger partial charge in [-0.25, -0.2) is 0 Å². The Kier molecular flexibility index (Phi) is 2.93. The van der Waals surface area contributed by atoms with Gasteiger partial charge in [0.2, 0.25) is 0 Å². The second-order valence-corrected chi connectivity index (χ2v) is 5.27. The zero-order valence-electron chi connectivity index (χ0n) is 9.47. The predicted molar refractivity (Wildman–Crippen MR) is 60.4 cm³/mol. The molecule has 0 amide bonds. The Bertz CT molecular complexity index is 226. The summed E-state index contributed by atoms with van der Waals surface area (Å²) in [6, 6.07) is 0. The second kappa shape index (κ2) is 4.03. The Morgan fingerprint density at radius 3 is 3.00 bits per heavy atom. The molecule has 0 saturated carbocycles. The summed E-state index contributed by atoms with van der Waals surface area (Å²) in [6.07, 6.45) is 4.99. The molecule has 2 heteroatoms. The van der Waals surface area contributed by atoms with Crippen LogP contribution in [0.5, 0.6) is 0 Å². The summed E-state index contributed by atoms with van der Waals surface area (Å²) in [5.74, 6) is 0. The highest BCUT2D eigenvalue weighted by atomic mass is 15.1. The molecular formula is C12H22N2. The molecule has 1 fully saturated rings. The van der Waals surface area contributed by atoms with E-state index in [-0.39, 0.29) is 0 Å². The van der Waals surface area contributed by atoms with Crippen molar-refractivity contribution in [1.82, 2.24) is 10.2 Å². The molecule has 0 aliphatic carbocycles. The van der Waals surface area contributed by atoms with Crippen LogP contribution in [0.1, 0.15) is 26.7 Å². The number of nitrogens with zero attached hydrogens (tertiary/aromatic N) is 1. The minimum atomic E-state index is 0.527. The van der Waals surface area contributed by atoms with Crippen LogP contribution in [0, 0.1) is 5.41 Å². The quantitative estimate of drug-likeness (QED) is 0.672. The highest BCUT2D eigenvalue weighted by Crippen LogP contribution is 2.26. The minimum Gasteiger partial charge on any atom is -0.316 e. The van der Waals surface area contributed by atoms with Crippen molar-refractivity contribution in [2.45, 2.75) is 26.7 Å². The van der Waals surface area contributed by atoms with Crippen molar-refractivity contribution in [2.75, 3.05) is 32.7 Å². The van der Waals surface area contributed by atoms with E-state index in [1.807, 2.05) is 0 Å². The topological polar surface area (TPSA) is 15.3 Å². The van der Waals surface area contributed by atoms with Crippen molar-refractivity contribution in [3.63, 3.8) is 0 Å². The number of rotatable bonds is 2. The smallest absolute Gasteiger partial charge is 0.0166 e. The molecule has 0 bridgehead atoms. The lowest BCUT2D eigenvalue weighted by molar-refractivity contribution is 0.188. The second-order valence-electron chi connectivity index (χ2n) is 5.27. The molecule has 1 unspecified atom stereocenters. The summed E-state index contributed by atoms with van der Waals surface area (Å²) in [6.45, 7) is 10.8. The Balaban J connectivity index is 1.86. The average molecular weight is 194 g/mol. The summed E-state index contributed by atoms with van der Waals surface area (Å²) in [5, 5.41) is 3.47. The third kappa shape index (κ3) is 2.37. The van der Waals surface area contributed by atoms with E-state index in [1.54, 1.807) is 5.57 Å². The van der Waals surface area contributed by atoms with E-state index in [4.69, 9.17) is 0 Å². The molecule has 2 rings (SSSR count). The van der Waals surface area contributed by atoms with Gasteiger partial charge in [-0.05, 0) is 31.7 Å². The largest absolute Gasteiger partial charge is 0.316 e. The standard InChI is InChI=1S/C12H22N2/c1-11-3-7-14(8-4-11)10-12(2)5-6-13-9-12/h3,13H,4-10H2,1-2H3. The first-order chi connectivity index (χ1) is 6.68. The molecular weight excluding hydrogens is 172 g/mol. The first kappa shape index (κ1) is 10.2. The molecule has 2 aliphatic rings. The maximum atomic E-state index is 3.47. The fraction of sp³-hybridized carbons (Fsp3) is 0.833. The molecule has 2 heterocycles. The van der Waals surface area contributed by atoms with Crippen LogP contribution in [-0.2, 0) is 0 Å². The fourth-order valence-corrected chi connectivity index (χ4v) is 2.50. The first-order valence-corrected chi connectivity index (χ1v) is 5.77. The molecule has 80 valence electrons. The van der Waals surface area contributed by atoms with Crippen molar-refractivity contribution in [2.24, 2.45) is 5.41 Å². The zero-order valence-corrected chi connectivity index (χ0v) is 9.47. The van der Waals surface area contributed by atoms with Crippen molar-refractivity contribution in [3.8, 4) is 0 Å². The number of nitrogens with one attached hydrogen (secondary N) is 1. The van der Waals surface area contributed by atoms with Crippen molar-refractivity contribution in [3.05, 3.63) is 11.6 Å². The van der Waals surface area contributed by atoms with Crippen LogP contribution in [0.3, 0.4) is 0 Å². The molecule has 0 aromatic carbocycles. The zero-order chi connectivity index (χ0) is 10.0. The van der Waals surface area contributed by atoms with Gasteiger partial charge in [0.05, 0.1) is 0 Å². The highest BCUT2D eigenvalue weighted by Gasteiger charge is 2.30. The maximum Gasteiger partial charge on any atom is 0.0166 e. The van der Waals surface area contributed by atoms with E-state index in [2.05, 4.69) is 30.1 Å². The molecule has 0 aromatic rings. The Labute approximate surface area is 87.4 Å². The molecule has 2 nitrogen and oxygen atoms in total. The summed E-state index contributed by atoms with van der Waals surface area (Å²) in [5.41, 5.74) is 2.09. The van der Waals surface area contributed by atoms with Crippen molar-refractivity contribution in [1.29, 1.82) is 0 Å². The van der Waals surface area contributed by atoms with Gasteiger partial charge in [-0.15, -0.1) is 0 Å². The van der Waals surface area contributed by atoms with Crippen LogP contribution in [0.4, 0.5) is 0 Å². The molecule has 0 aromatic heterocycles. The molecule has 0 radical (unpaired) electrons. The lowest BCUT2D eigenvalue weighted by Crippen LogP contribution is -2.39. The van der Waals surface area contributed by atoms with Gasteiger partial charge in [-0.3, -0.25) is 4.90 Å². The first-order valence-electron chi connectivity index (χ1n) is 5.77. The van der Waals surface area contributed by atoms with Crippen LogP contribution in [0.2, 0.25) is 0 Å². The van der Waals surface area contributed by atoms with Crippen molar-refractivity contribution < 1.29 is 0 Å². The summed E-state index contributed by atoms with van der Waals surface area (Å²) in [4.78, 5) is 2.60. The normalized spacial score (nSPS) is 34.6. The Hall–Kier alpha value is -0.340. The van der Waals surface area contributed by atoms with Gasteiger partial charge >= 0.3 is 0 Å². The third-order valence-corrected chi connectivity index (χ3v) is 3.58. The molecule has 1 N–H and O–H groups in total. The highest BCUT2D eigenvalue weighted by molar-refractivity contribution is 5.04. The number of hydrogen-bond donors (Lipinski definition) is 1. The van der Waals surface area contributed by atoms with E-state index in [1.165, 1.54) is 45.6 Å². The summed E-state index contributed by atoms with van der Waals surface area (Å²) in [7, 11) is 0. The lowest BCUT2D eigenvalue weighted by atomic mass is 9.88. The van der Waals surface area contributed by atoms with Gasteiger partial charge in [-0.2, -0.15) is 0 Å². The van der Waals surface area contributed by atoms with Crippen LogP contribution in [0.15, 0.2) is 11.6 Å². The van der Waals surface area contributed by atoms with E-state index < -0.39 is 0 Å². The fourth-order valence-electron chi connectivity index (χ4n) is 2.50. The van der Waals surface area contributed by atoms with Crippen LogP contribution < -0.4 is 5.32 Å². The van der Waals surface area contributed by atoms with Crippen LogP contribution >= 0.6 is 0 Å². The summed E-state index contributed by atoms with van der Waals surface area (Å²) < 4.78 is 0. The molecule has 2 aliphatic heterocycles. The third-order valence-electron chi connectivity index (χ3n) is 3.58. The van der Waals surface area contributed by atoms with Gasteiger partial charge in [-0.1, -0.05) is 18.6 Å². The van der Waals surface area contributed by atoms with Gasteiger partial charge in [0.25, 0.3) is 0 Å².